The molecule has 0 spiro atoms. The SMILES string of the molecule is Br[C@H]1CNC[C@@H]1Br. The van der Waals surface area contributed by atoms with Crippen molar-refractivity contribution >= 4 is 31.9 Å². The minimum Gasteiger partial charge on any atom is -0.314 e. The first-order chi connectivity index (χ1) is 3.30. The average molecular weight is 229 g/mol. The van der Waals surface area contributed by atoms with Crippen molar-refractivity contribution in [3.8, 4) is 0 Å². The molecular formula is C4H7Br2N. The summed E-state index contributed by atoms with van der Waals surface area (Å²) >= 11 is 6.99. The maximum atomic E-state index is 3.49. The van der Waals surface area contributed by atoms with Gasteiger partial charge >= 0.3 is 0 Å². The van der Waals surface area contributed by atoms with Crippen LogP contribution in [0.4, 0.5) is 0 Å². The van der Waals surface area contributed by atoms with Gasteiger partial charge in [0, 0.05) is 22.7 Å². The highest BCUT2D eigenvalue weighted by Gasteiger charge is 2.20. The van der Waals surface area contributed by atoms with E-state index in [0.29, 0.717) is 9.65 Å². The van der Waals surface area contributed by atoms with E-state index in [1.54, 1.807) is 0 Å². The molecule has 0 bridgehead atoms. The van der Waals surface area contributed by atoms with Crippen LogP contribution in [0.3, 0.4) is 0 Å². The normalized spacial score (nSPS) is 42.0. The third-order valence-electron chi connectivity index (χ3n) is 1.07. The van der Waals surface area contributed by atoms with Crippen LogP contribution in [-0.2, 0) is 0 Å². The fraction of sp³-hybridized carbons (Fsp3) is 1.00. The molecular weight excluding hydrogens is 222 g/mol. The van der Waals surface area contributed by atoms with E-state index in [4.69, 9.17) is 0 Å². The van der Waals surface area contributed by atoms with E-state index in [1.807, 2.05) is 0 Å². The van der Waals surface area contributed by atoms with Crippen molar-refractivity contribution in [1.29, 1.82) is 0 Å². The quantitative estimate of drug-likeness (QED) is 0.613. The van der Waals surface area contributed by atoms with E-state index in [9.17, 15) is 0 Å². The Hall–Kier alpha value is 0.920. The van der Waals surface area contributed by atoms with Crippen molar-refractivity contribution in [1.82, 2.24) is 5.32 Å². The first kappa shape index (κ1) is 6.05. The molecule has 1 nitrogen and oxygen atoms in total. The van der Waals surface area contributed by atoms with E-state index in [2.05, 4.69) is 37.2 Å². The van der Waals surface area contributed by atoms with Crippen molar-refractivity contribution in [2.75, 3.05) is 13.1 Å². The molecule has 0 aliphatic carbocycles. The Labute approximate surface area is 60.1 Å². The monoisotopic (exact) mass is 227 g/mol. The maximum Gasteiger partial charge on any atom is 0.0408 e. The Morgan fingerprint density at radius 1 is 1.14 bits per heavy atom. The Morgan fingerprint density at radius 2 is 1.57 bits per heavy atom. The Bertz CT molecular complexity index is 58.7. The molecule has 0 aromatic heterocycles. The van der Waals surface area contributed by atoms with E-state index in [1.165, 1.54) is 0 Å². The molecule has 1 rings (SSSR count). The van der Waals surface area contributed by atoms with Crippen LogP contribution in [0.2, 0.25) is 0 Å². The summed E-state index contributed by atoms with van der Waals surface area (Å²) in [5, 5.41) is 3.23. The van der Waals surface area contributed by atoms with Gasteiger partial charge in [-0.3, -0.25) is 0 Å². The van der Waals surface area contributed by atoms with Crippen LogP contribution in [0, 0.1) is 0 Å². The molecule has 7 heavy (non-hydrogen) atoms. The standard InChI is InChI=1S/C4H7Br2N/c5-3-1-7-2-4(3)6/h3-4,7H,1-2H2/t3-,4-/m0/s1. The van der Waals surface area contributed by atoms with Crippen LogP contribution < -0.4 is 5.32 Å². The van der Waals surface area contributed by atoms with Gasteiger partial charge in [0.25, 0.3) is 0 Å². The zero-order chi connectivity index (χ0) is 5.28. The highest BCUT2D eigenvalue weighted by atomic mass is 79.9. The van der Waals surface area contributed by atoms with Crippen molar-refractivity contribution in [3.05, 3.63) is 0 Å². The summed E-state index contributed by atoms with van der Waals surface area (Å²) in [6, 6.07) is 0. The predicted octanol–water partition coefficient (Wildman–Crippen LogP) is 1.12. The zero-order valence-corrected chi connectivity index (χ0v) is 7.00. The smallest absolute Gasteiger partial charge is 0.0408 e. The fourth-order valence-electron chi connectivity index (χ4n) is 0.615. The Kier molecular flexibility index (Phi) is 2.13. The van der Waals surface area contributed by atoms with Crippen LogP contribution >= 0.6 is 31.9 Å². The van der Waals surface area contributed by atoms with Gasteiger partial charge in [-0.1, -0.05) is 31.9 Å². The molecule has 1 heterocycles. The Morgan fingerprint density at radius 3 is 1.71 bits per heavy atom. The van der Waals surface area contributed by atoms with Gasteiger partial charge in [-0.2, -0.15) is 0 Å². The second kappa shape index (κ2) is 2.46. The molecule has 1 aliphatic rings. The van der Waals surface area contributed by atoms with E-state index in [-0.39, 0.29) is 0 Å². The minimum atomic E-state index is 0.632. The molecule has 3 heteroatoms. The molecule has 42 valence electrons. The summed E-state index contributed by atoms with van der Waals surface area (Å²) < 4.78 is 0. The highest BCUT2D eigenvalue weighted by molar-refractivity contribution is 9.12. The number of hydrogen-bond acceptors (Lipinski definition) is 1. The number of halogens is 2. The second-order valence-corrected chi connectivity index (χ2v) is 4.04. The van der Waals surface area contributed by atoms with Gasteiger partial charge in [0.15, 0.2) is 0 Å². The third-order valence-corrected chi connectivity index (χ3v) is 3.70. The van der Waals surface area contributed by atoms with Gasteiger partial charge in [-0.15, -0.1) is 0 Å². The number of nitrogens with one attached hydrogen (secondary N) is 1. The van der Waals surface area contributed by atoms with Gasteiger partial charge < -0.3 is 5.32 Å². The van der Waals surface area contributed by atoms with Crippen molar-refractivity contribution in [3.63, 3.8) is 0 Å². The van der Waals surface area contributed by atoms with Crippen LogP contribution in [0.5, 0.6) is 0 Å². The summed E-state index contributed by atoms with van der Waals surface area (Å²) in [4.78, 5) is 1.26. The highest BCUT2D eigenvalue weighted by Crippen LogP contribution is 2.16. The second-order valence-electron chi connectivity index (χ2n) is 1.69. The molecule has 0 unspecified atom stereocenters. The zero-order valence-electron chi connectivity index (χ0n) is 3.82. The molecule has 0 aromatic rings. The Balaban J connectivity index is 2.33. The van der Waals surface area contributed by atoms with Crippen molar-refractivity contribution < 1.29 is 0 Å². The number of alkyl halides is 2. The molecule has 0 radical (unpaired) electrons. The molecule has 1 fully saturated rings. The largest absolute Gasteiger partial charge is 0.314 e. The van der Waals surface area contributed by atoms with Crippen molar-refractivity contribution in [2.45, 2.75) is 9.65 Å². The molecule has 0 aromatic carbocycles. The first-order valence-electron chi connectivity index (χ1n) is 2.29. The topological polar surface area (TPSA) is 12.0 Å². The van der Waals surface area contributed by atoms with Crippen LogP contribution in [0.15, 0.2) is 0 Å². The van der Waals surface area contributed by atoms with E-state index >= 15 is 0 Å². The van der Waals surface area contributed by atoms with Crippen molar-refractivity contribution in [2.24, 2.45) is 0 Å². The lowest BCUT2D eigenvalue weighted by atomic mass is 10.4. The molecule has 1 aliphatic heterocycles. The van der Waals surface area contributed by atoms with Gasteiger partial charge in [-0.05, 0) is 0 Å². The number of hydrogen-bond donors (Lipinski definition) is 1. The molecule has 2 atom stereocenters. The summed E-state index contributed by atoms with van der Waals surface area (Å²) in [6.07, 6.45) is 0. The van der Waals surface area contributed by atoms with Crippen LogP contribution in [0.1, 0.15) is 0 Å². The van der Waals surface area contributed by atoms with Gasteiger partial charge in [0.2, 0.25) is 0 Å². The van der Waals surface area contributed by atoms with Gasteiger partial charge in [-0.25, -0.2) is 0 Å². The summed E-state index contributed by atoms with van der Waals surface area (Å²) in [7, 11) is 0. The minimum absolute atomic E-state index is 0.632. The van der Waals surface area contributed by atoms with Gasteiger partial charge in [0.05, 0.1) is 0 Å². The fourth-order valence-corrected chi connectivity index (χ4v) is 1.45. The lowest BCUT2D eigenvalue weighted by Gasteiger charge is -1.99. The molecule has 0 saturated carbocycles. The predicted molar refractivity (Wildman–Crippen MR) is 38.3 cm³/mol. The summed E-state index contributed by atoms with van der Waals surface area (Å²) in [6.45, 7) is 2.19. The maximum absolute atomic E-state index is 3.49. The average Bonchev–Trinajstić information content (AvgIpc) is 1.91. The first-order valence-corrected chi connectivity index (χ1v) is 4.12. The van der Waals surface area contributed by atoms with E-state index in [0.717, 1.165) is 13.1 Å². The summed E-state index contributed by atoms with van der Waals surface area (Å²) in [5.74, 6) is 0. The third kappa shape index (κ3) is 1.40. The lowest BCUT2D eigenvalue weighted by Crippen LogP contribution is -2.08. The molecule has 1 N–H and O–H groups in total. The molecule has 0 amide bonds. The molecule has 1 saturated heterocycles. The van der Waals surface area contributed by atoms with Gasteiger partial charge in [0.1, 0.15) is 0 Å². The van der Waals surface area contributed by atoms with E-state index < -0.39 is 0 Å². The van der Waals surface area contributed by atoms with Crippen LogP contribution in [-0.4, -0.2) is 22.7 Å². The lowest BCUT2D eigenvalue weighted by molar-refractivity contribution is 0.863. The number of rotatable bonds is 0. The summed E-state index contributed by atoms with van der Waals surface area (Å²) in [5.41, 5.74) is 0. The van der Waals surface area contributed by atoms with Crippen LogP contribution in [0.25, 0.3) is 0 Å².